The van der Waals surface area contributed by atoms with E-state index in [1.54, 1.807) is 0 Å². The van der Waals surface area contributed by atoms with Crippen LogP contribution in [0.2, 0.25) is 0 Å². The zero-order chi connectivity index (χ0) is 16.6. The van der Waals surface area contributed by atoms with E-state index >= 15 is 0 Å². The molecule has 3 aliphatic carbocycles. The second kappa shape index (κ2) is 6.29. The summed E-state index contributed by atoms with van der Waals surface area (Å²) in [7, 11) is 0. The van der Waals surface area contributed by atoms with Crippen LogP contribution in [-0.4, -0.2) is 23.6 Å². The zero-order valence-electron chi connectivity index (χ0n) is 14.5. The topological polar surface area (TPSA) is 52.6 Å². The highest BCUT2D eigenvalue weighted by Gasteiger charge is 2.48. The molecule has 3 rings (SSSR count). The third kappa shape index (κ3) is 3.31. The molecule has 4 unspecified atom stereocenters. The molecule has 0 aliphatic heterocycles. The van der Waals surface area contributed by atoms with E-state index in [9.17, 15) is 9.59 Å². The van der Waals surface area contributed by atoms with Crippen LogP contribution < -0.4 is 0 Å². The summed E-state index contributed by atoms with van der Waals surface area (Å²) in [6.45, 7) is 5.91. The molecule has 23 heavy (non-hydrogen) atoms. The standard InChI is InChI=1S/C19H28O4/c1-4-12(2)17(20)22-16-11-13-9-14(16)15(10-13)18(21)23-19(3)7-5-6-8-19/h9,12,14-16H,4-8,10-11H2,1-3H3. The van der Waals surface area contributed by atoms with Crippen LogP contribution in [0.3, 0.4) is 0 Å². The van der Waals surface area contributed by atoms with Gasteiger partial charge in [0, 0.05) is 12.3 Å². The first-order valence-corrected chi connectivity index (χ1v) is 9.05. The van der Waals surface area contributed by atoms with E-state index in [0.29, 0.717) is 0 Å². The van der Waals surface area contributed by atoms with Gasteiger partial charge < -0.3 is 9.47 Å². The summed E-state index contributed by atoms with van der Waals surface area (Å²) in [4.78, 5) is 24.7. The first kappa shape index (κ1) is 16.5. The summed E-state index contributed by atoms with van der Waals surface area (Å²) in [6, 6.07) is 0. The summed E-state index contributed by atoms with van der Waals surface area (Å²) in [5.74, 6) is -0.479. The maximum Gasteiger partial charge on any atom is 0.310 e. The highest BCUT2D eigenvalue weighted by atomic mass is 16.6. The van der Waals surface area contributed by atoms with Gasteiger partial charge in [0.15, 0.2) is 0 Å². The van der Waals surface area contributed by atoms with Crippen molar-refractivity contribution in [3.63, 3.8) is 0 Å². The highest BCUT2D eigenvalue weighted by molar-refractivity contribution is 5.76. The number of carbonyl (C=O) groups excluding carboxylic acids is 2. The number of ether oxygens (including phenoxy) is 2. The van der Waals surface area contributed by atoms with Crippen molar-refractivity contribution in [2.75, 3.05) is 0 Å². The summed E-state index contributed by atoms with van der Waals surface area (Å²) >= 11 is 0. The van der Waals surface area contributed by atoms with E-state index in [0.717, 1.165) is 44.9 Å². The van der Waals surface area contributed by atoms with Gasteiger partial charge in [0.25, 0.3) is 0 Å². The lowest BCUT2D eigenvalue weighted by Gasteiger charge is -2.32. The molecule has 4 nitrogen and oxygen atoms in total. The molecule has 4 heteroatoms. The molecule has 4 atom stereocenters. The normalized spacial score (nSPS) is 32.5. The minimum Gasteiger partial charge on any atom is -0.461 e. The predicted molar refractivity (Wildman–Crippen MR) is 86.6 cm³/mol. The lowest BCUT2D eigenvalue weighted by Crippen LogP contribution is -2.39. The molecule has 0 amide bonds. The van der Waals surface area contributed by atoms with Crippen molar-refractivity contribution in [1.82, 2.24) is 0 Å². The Morgan fingerprint density at radius 1 is 1.30 bits per heavy atom. The van der Waals surface area contributed by atoms with E-state index in [1.807, 2.05) is 20.8 Å². The Kier molecular flexibility index (Phi) is 4.52. The molecule has 0 N–H and O–H groups in total. The van der Waals surface area contributed by atoms with Gasteiger partial charge in [0.2, 0.25) is 0 Å². The van der Waals surface area contributed by atoms with Crippen molar-refractivity contribution >= 4 is 11.9 Å². The van der Waals surface area contributed by atoms with E-state index in [1.165, 1.54) is 5.57 Å². The Labute approximate surface area is 138 Å². The van der Waals surface area contributed by atoms with Crippen LogP contribution in [0.25, 0.3) is 0 Å². The SMILES string of the molecule is CCC(C)C(=O)OC1CC2=CC1C(C(=O)OC1(C)CCCC1)C2. The molecular formula is C19H28O4. The Hall–Kier alpha value is -1.32. The molecule has 0 spiro atoms. The quantitative estimate of drug-likeness (QED) is 0.571. The van der Waals surface area contributed by atoms with Gasteiger partial charge in [0.05, 0.1) is 11.8 Å². The molecule has 0 aromatic carbocycles. The van der Waals surface area contributed by atoms with E-state index in [-0.39, 0.29) is 41.4 Å². The van der Waals surface area contributed by atoms with Crippen molar-refractivity contribution in [2.45, 2.75) is 77.4 Å². The smallest absolute Gasteiger partial charge is 0.310 e. The van der Waals surface area contributed by atoms with Crippen LogP contribution in [-0.2, 0) is 19.1 Å². The van der Waals surface area contributed by atoms with Crippen molar-refractivity contribution in [3.8, 4) is 0 Å². The lowest BCUT2D eigenvalue weighted by atomic mass is 9.84. The minimum absolute atomic E-state index is 0.00973. The third-order valence-corrected chi connectivity index (χ3v) is 5.86. The van der Waals surface area contributed by atoms with E-state index in [2.05, 4.69) is 6.08 Å². The fraction of sp³-hybridized carbons (Fsp3) is 0.789. The fourth-order valence-corrected chi connectivity index (χ4v) is 4.12. The molecule has 3 aliphatic rings. The van der Waals surface area contributed by atoms with Gasteiger partial charge in [-0.2, -0.15) is 0 Å². The second-order valence-corrected chi connectivity index (χ2v) is 7.78. The van der Waals surface area contributed by atoms with Crippen molar-refractivity contribution in [3.05, 3.63) is 11.6 Å². The number of hydrogen-bond donors (Lipinski definition) is 0. The monoisotopic (exact) mass is 320 g/mol. The van der Waals surface area contributed by atoms with Crippen LogP contribution in [0.1, 0.15) is 65.7 Å². The van der Waals surface area contributed by atoms with Crippen LogP contribution in [0.15, 0.2) is 11.6 Å². The van der Waals surface area contributed by atoms with Gasteiger partial charge in [-0.05, 0) is 45.4 Å². The Morgan fingerprint density at radius 2 is 2.00 bits per heavy atom. The molecule has 0 saturated heterocycles. The van der Waals surface area contributed by atoms with Crippen molar-refractivity contribution < 1.29 is 19.1 Å². The number of carbonyl (C=O) groups is 2. The molecule has 2 bridgehead atoms. The Bertz CT molecular complexity index is 515. The summed E-state index contributed by atoms with van der Waals surface area (Å²) in [5.41, 5.74) is 0.961. The first-order chi connectivity index (χ1) is 10.9. The number of fused-ring (bicyclic) bond motifs is 1. The first-order valence-electron chi connectivity index (χ1n) is 9.05. The van der Waals surface area contributed by atoms with Crippen LogP contribution in [0.4, 0.5) is 0 Å². The average molecular weight is 320 g/mol. The van der Waals surface area contributed by atoms with Gasteiger partial charge in [-0.15, -0.1) is 0 Å². The summed E-state index contributed by atoms with van der Waals surface area (Å²) in [5, 5.41) is 0. The lowest BCUT2D eigenvalue weighted by molar-refractivity contribution is -0.170. The van der Waals surface area contributed by atoms with E-state index in [4.69, 9.17) is 9.47 Å². The maximum atomic E-state index is 12.6. The van der Waals surface area contributed by atoms with Crippen LogP contribution in [0.5, 0.6) is 0 Å². The third-order valence-electron chi connectivity index (χ3n) is 5.86. The van der Waals surface area contributed by atoms with Crippen molar-refractivity contribution in [1.29, 1.82) is 0 Å². The van der Waals surface area contributed by atoms with Gasteiger partial charge >= 0.3 is 11.9 Å². The fourth-order valence-electron chi connectivity index (χ4n) is 4.12. The number of esters is 2. The van der Waals surface area contributed by atoms with E-state index < -0.39 is 0 Å². The van der Waals surface area contributed by atoms with Gasteiger partial charge in [-0.3, -0.25) is 9.59 Å². The molecule has 0 aromatic heterocycles. The maximum absolute atomic E-state index is 12.6. The Balaban J connectivity index is 1.60. The summed E-state index contributed by atoms with van der Waals surface area (Å²) < 4.78 is 11.5. The van der Waals surface area contributed by atoms with Gasteiger partial charge in [0.1, 0.15) is 11.7 Å². The molecule has 1 saturated carbocycles. The zero-order valence-corrected chi connectivity index (χ0v) is 14.5. The number of rotatable bonds is 5. The molecule has 0 radical (unpaired) electrons. The molecule has 128 valence electrons. The second-order valence-electron chi connectivity index (χ2n) is 7.78. The molecule has 0 heterocycles. The molecule has 1 fully saturated rings. The van der Waals surface area contributed by atoms with Gasteiger partial charge in [-0.25, -0.2) is 0 Å². The minimum atomic E-state index is -0.285. The highest BCUT2D eigenvalue weighted by Crippen LogP contribution is 2.46. The van der Waals surface area contributed by atoms with Crippen LogP contribution >= 0.6 is 0 Å². The average Bonchev–Trinajstić information content (AvgIpc) is 3.21. The largest absolute Gasteiger partial charge is 0.461 e. The molecular weight excluding hydrogens is 292 g/mol. The van der Waals surface area contributed by atoms with Crippen LogP contribution in [0, 0.1) is 17.8 Å². The predicted octanol–water partition coefficient (Wildman–Crippen LogP) is 3.79. The van der Waals surface area contributed by atoms with Crippen molar-refractivity contribution in [2.24, 2.45) is 17.8 Å². The summed E-state index contributed by atoms with van der Waals surface area (Å²) in [6.07, 6.45) is 8.50. The molecule has 0 aromatic rings. The number of hydrogen-bond acceptors (Lipinski definition) is 4. The Morgan fingerprint density at radius 3 is 2.61 bits per heavy atom. The van der Waals surface area contributed by atoms with Gasteiger partial charge in [-0.1, -0.05) is 25.5 Å².